The zero-order valence-electron chi connectivity index (χ0n) is 20.0. The lowest BCUT2D eigenvalue weighted by molar-refractivity contribution is -0.655. The van der Waals surface area contributed by atoms with Crippen molar-refractivity contribution in [3.05, 3.63) is 68.1 Å². The van der Waals surface area contributed by atoms with Gasteiger partial charge in [-0.2, -0.15) is 4.57 Å². The molecule has 0 fully saturated rings. The van der Waals surface area contributed by atoms with E-state index in [1.807, 2.05) is 23.8 Å². The van der Waals surface area contributed by atoms with Crippen LogP contribution in [0.4, 0.5) is 5.69 Å². The van der Waals surface area contributed by atoms with Crippen LogP contribution in [-0.2, 0) is 31.5 Å². The quantitative estimate of drug-likeness (QED) is 0.287. The van der Waals surface area contributed by atoms with Gasteiger partial charge in [0.25, 0.3) is 10.9 Å². The highest BCUT2D eigenvalue weighted by Crippen LogP contribution is 2.47. The van der Waals surface area contributed by atoms with Crippen molar-refractivity contribution in [2.75, 3.05) is 17.0 Å². The Hall–Kier alpha value is -2.13. The molecule has 3 aromatic rings. The third-order valence-corrected chi connectivity index (χ3v) is 9.17. The van der Waals surface area contributed by atoms with E-state index in [2.05, 4.69) is 0 Å². The van der Waals surface area contributed by atoms with Gasteiger partial charge in [-0.05, 0) is 48.4 Å². The minimum Gasteiger partial charge on any atom is -0.747 e. The summed E-state index contributed by atoms with van der Waals surface area (Å²) in [5.74, 6) is -1.47. The second-order valence-electron chi connectivity index (χ2n) is 8.32. The largest absolute Gasteiger partial charge is 0.747 e. The van der Waals surface area contributed by atoms with Gasteiger partial charge in [0.1, 0.15) is 20.7 Å². The Morgan fingerprint density at radius 2 is 1.82 bits per heavy atom. The third kappa shape index (κ3) is 7.08. The first-order valence-electron chi connectivity index (χ1n) is 11.0. The second kappa shape index (κ2) is 11.2. The van der Waals surface area contributed by atoms with E-state index < -0.39 is 31.9 Å². The summed E-state index contributed by atoms with van der Waals surface area (Å²) in [6.45, 7) is 1.64. The van der Waals surface area contributed by atoms with Crippen LogP contribution in [-0.4, -0.2) is 39.4 Å². The van der Waals surface area contributed by atoms with Crippen molar-refractivity contribution in [3.63, 3.8) is 0 Å². The molecule has 0 aliphatic carbocycles. The lowest BCUT2D eigenvalue weighted by atomic mass is 10.2. The highest BCUT2D eigenvalue weighted by molar-refractivity contribution is 8.03. The topological polar surface area (TPSA) is 128 Å². The summed E-state index contributed by atoms with van der Waals surface area (Å²) >= 11 is 15.0. The number of sulfonamides is 1. The van der Waals surface area contributed by atoms with Gasteiger partial charge in [0.15, 0.2) is 0 Å². The third-order valence-electron chi connectivity index (χ3n) is 5.30. The van der Waals surface area contributed by atoms with Crippen molar-refractivity contribution < 1.29 is 30.7 Å². The van der Waals surface area contributed by atoms with E-state index in [1.165, 1.54) is 28.0 Å². The molecule has 0 saturated carbocycles. The SMILES string of the molecule is CCC(/C=C1\Sc2ccc(Cl)cc2N1CS(=O)(=O)[O-])=C\c1sc2ccc(Cl)cc2[n+]1CC(=O)NS(C)(=O)=O. The maximum atomic E-state index is 12.5. The number of anilines is 1. The first-order valence-corrected chi connectivity index (χ1v) is 16.8. The summed E-state index contributed by atoms with van der Waals surface area (Å²) in [7, 11) is -8.35. The van der Waals surface area contributed by atoms with E-state index in [0.717, 1.165) is 21.4 Å². The molecule has 0 atom stereocenters. The number of halogens is 2. The number of rotatable bonds is 8. The number of fused-ring (bicyclic) bond motifs is 2. The Labute approximate surface area is 238 Å². The standard InChI is InChI=1S/C23H21Cl2N3O6S4/c1-3-14(9-23-28(13-38(32,33)34)18-11-16(25)5-7-20(18)36-23)8-22-27(12-21(29)26-37(2,30)31)17-10-15(24)4-6-19(17)35-22/h4-11H,3,12-13H2,1-2H3,(H-,26,29,32,33,34). The summed E-state index contributed by atoms with van der Waals surface area (Å²) in [4.78, 5) is 14.7. The lowest BCUT2D eigenvalue weighted by Gasteiger charge is -2.22. The Morgan fingerprint density at radius 1 is 1.13 bits per heavy atom. The fourth-order valence-corrected chi connectivity index (χ4v) is 7.49. The number of hydrogen-bond donors (Lipinski definition) is 1. The van der Waals surface area contributed by atoms with Crippen molar-refractivity contribution in [2.45, 2.75) is 24.8 Å². The maximum absolute atomic E-state index is 12.5. The molecule has 0 spiro atoms. The molecular formula is C23H21Cl2N3O6S4. The zero-order valence-corrected chi connectivity index (χ0v) is 24.8. The Bertz CT molecular complexity index is 1720. The fraction of sp³-hybridized carbons (Fsp3) is 0.217. The molecule has 1 aromatic heterocycles. The number of carbonyl (C=O) groups is 1. The Kier molecular flexibility index (Phi) is 8.48. The molecular weight excluding hydrogens is 613 g/mol. The highest BCUT2D eigenvalue weighted by atomic mass is 35.5. The molecule has 1 aliphatic heterocycles. The predicted octanol–water partition coefficient (Wildman–Crippen LogP) is 4.32. The van der Waals surface area contributed by atoms with Crippen LogP contribution in [0.3, 0.4) is 0 Å². The van der Waals surface area contributed by atoms with Crippen LogP contribution in [0, 0.1) is 0 Å². The zero-order chi connectivity index (χ0) is 27.8. The van der Waals surface area contributed by atoms with Crippen LogP contribution < -0.4 is 14.2 Å². The van der Waals surface area contributed by atoms with Crippen molar-refractivity contribution >= 4 is 94.3 Å². The molecule has 4 rings (SSSR count). The summed E-state index contributed by atoms with van der Waals surface area (Å²) in [5.41, 5.74) is 1.94. The van der Waals surface area contributed by atoms with Gasteiger partial charge in [0.05, 0.1) is 17.0 Å². The molecule has 1 aliphatic rings. The normalized spacial score (nSPS) is 15.3. The number of benzene rings is 2. The van der Waals surface area contributed by atoms with Gasteiger partial charge < -0.3 is 9.45 Å². The van der Waals surface area contributed by atoms with E-state index >= 15 is 0 Å². The summed E-state index contributed by atoms with van der Waals surface area (Å²) < 4.78 is 62.6. The molecule has 38 heavy (non-hydrogen) atoms. The van der Waals surface area contributed by atoms with Gasteiger partial charge in [-0.3, -0.25) is 4.79 Å². The summed E-state index contributed by atoms with van der Waals surface area (Å²) in [6.07, 6.45) is 5.05. The Morgan fingerprint density at radius 3 is 2.47 bits per heavy atom. The summed E-state index contributed by atoms with van der Waals surface area (Å²) in [5, 5.41) is 2.03. The van der Waals surface area contributed by atoms with Crippen LogP contribution in [0.15, 0.2) is 58.0 Å². The summed E-state index contributed by atoms with van der Waals surface area (Å²) in [6, 6.07) is 10.3. The number of nitrogens with zero attached hydrogens (tertiary/aromatic N) is 2. The molecule has 202 valence electrons. The smallest absolute Gasteiger partial charge is 0.299 e. The molecule has 0 saturated heterocycles. The van der Waals surface area contributed by atoms with Crippen molar-refractivity contribution in [3.8, 4) is 0 Å². The van der Waals surface area contributed by atoms with Crippen LogP contribution >= 0.6 is 46.3 Å². The van der Waals surface area contributed by atoms with Gasteiger partial charge >= 0.3 is 0 Å². The number of amides is 1. The Balaban J connectivity index is 1.79. The van der Waals surface area contributed by atoms with Crippen LogP contribution in [0.1, 0.15) is 18.4 Å². The number of hydrogen-bond acceptors (Lipinski definition) is 9. The van der Waals surface area contributed by atoms with E-state index in [0.29, 0.717) is 37.7 Å². The molecule has 15 heteroatoms. The van der Waals surface area contributed by atoms with E-state index in [-0.39, 0.29) is 6.54 Å². The average Bonchev–Trinajstić information content (AvgIpc) is 3.28. The second-order valence-corrected chi connectivity index (χ2v) is 14.4. The predicted molar refractivity (Wildman–Crippen MR) is 151 cm³/mol. The first-order chi connectivity index (χ1) is 17.7. The highest BCUT2D eigenvalue weighted by Gasteiger charge is 2.28. The van der Waals surface area contributed by atoms with Crippen molar-refractivity contribution in [2.24, 2.45) is 0 Å². The van der Waals surface area contributed by atoms with Gasteiger partial charge in [0, 0.05) is 27.1 Å². The van der Waals surface area contributed by atoms with Crippen LogP contribution in [0.5, 0.6) is 0 Å². The maximum Gasteiger partial charge on any atom is 0.299 e. The molecule has 0 radical (unpaired) electrons. The van der Waals surface area contributed by atoms with Gasteiger partial charge in [-0.15, -0.1) is 0 Å². The number of thioether (sulfide) groups is 1. The molecule has 2 aromatic carbocycles. The monoisotopic (exact) mass is 633 g/mol. The molecule has 9 nitrogen and oxygen atoms in total. The lowest BCUT2D eigenvalue weighted by Crippen LogP contribution is -2.45. The number of aromatic nitrogens is 1. The van der Waals surface area contributed by atoms with Gasteiger partial charge in [0.2, 0.25) is 22.1 Å². The number of carbonyl (C=O) groups excluding carboxylic acids is 1. The molecule has 1 amide bonds. The number of nitrogens with one attached hydrogen (secondary N) is 1. The van der Waals surface area contributed by atoms with Crippen LogP contribution in [0.2, 0.25) is 10.0 Å². The first kappa shape index (κ1) is 28.9. The molecule has 1 N–H and O–H groups in total. The molecule has 0 bridgehead atoms. The fourth-order valence-electron chi connectivity index (χ4n) is 3.76. The van der Waals surface area contributed by atoms with Gasteiger partial charge in [-0.25, -0.2) is 21.6 Å². The van der Waals surface area contributed by atoms with Crippen molar-refractivity contribution in [1.29, 1.82) is 0 Å². The van der Waals surface area contributed by atoms with Gasteiger partial charge in [-0.1, -0.05) is 53.2 Å². The van der Waals surface area contributed by atoms with E-state index in [4.69, 9.17) is 23.2 Å². The molecule has 0 unspecified atom stereocenters. The van der Waals surface area contributed by atoms with Crippen LogP contribution in [0.25, 0.3) is 16.3 Å². The molecule has 2 heterocycles. The average molecular weight is 635 g/mol. The van der Waals surface area contributed by atoms with E-state index in [1.54, 1.807) is 41.0 Å². The van der Waals surface area contributed by atoms with Crippen molar-refractivity contribution in [1.82, 2.24) is 4.72 Å². The number of allylic oxidation sites excluding steroid dienone is 2. The van der Waals surface area contributed by atoms with E-state index in [9.17, 15) is 26.2 Å². The number of thiazole rings is 1. The minimum atomic E-state index is -4.60. The minimum absolute atomic E-state index is 0.272.